The Morgan fingerprint density at radius 2 is 2.00 bits per heavy atom. The van der Waals surface area contributed by atoms with Crippen molar-refractivity contribution in [3.05, 3.63) is 46.9 Å². The zero-order valence-electron chi connectivity index (χ0n) is 18.3. The minimum absolute atomic E-state index is 0.0964. The first-order chi connectivity index (χ1) is 15.2. The van der Waals surface area contributed by atoms with Gasteiger partial charge in [0.15, 0.2) is 5.82 Å². The van der Waals surface area contributed by atoms with E-state index in [1.165, 1.54) is 9.80 Å². The Kier molecular flexibility index (Phi) is 9.21. The van der Waals surface area contributed by atoms with E-state index in [9.17, 15) is 14.2 Å². The molecule has 2 rings (SSSR count). The van der Waals surface area contributed by atoms with E-state index < -0.39 is 13.5 Å². The smallest absolute Gasteiger partial charge is 0.325 e. The lowest BCUT2D eigenvalue weighted by atomic mass is 10.0. The second-order valence-corrected chi connectivity index (χ2v) is 9.34. The normalized spacial score (nSPS) is 11.1. The standard InChI is InChI=1S/C22H29N4O5P/c1-4-13-25(3)22(28)20-21(26(16-27)14-7-8-15-32(29,30)31)24-19(23-20)12-11-18-10-6-5-9-17(18)2/h1,5-6,9-10,16H,7-8,11-15H2,2-3H3,(H,23,24)(H2,29,30,31). The van der Waals surface area contributed by atoms with Gasteiger partial charge in [-0.3, -0.25) is 19.1 Å². The van der Waals surface area contributed by atoms with E-state index in [4.69, 9.17) is 16.2 Å². The highest BCUT2D eigenvalue weighted by atomic mass is 31.2. The van der Waals surface area contributed by atoms with Crippen LogP contribution < -0.4 is 4.90 Å². The van der Waals surface area contributed by atoms with Gasteiger partial charge in [-0.25, -0.2) is 4.98 Å². The summed E-state index contributed by atoms with van der Waals surface area (Å²) in [6.07, 6.45) is 7.45. The summed E-state index contributed by atoms with van der Waals surface area (Å²) in [4.78, 5) is 52.8. The van der Waals surface area contributed by atoms with Crippen molar-refractivity contribution in [1.29, 1.82) is 0 Å². The van der Waals surface area contributed by atoms with E-state index in [2.05, 4.69) is 15.9 Å². The van der Waals surface area contributed by atoms with Gasteiger partial charge in [0, 0.05) is 26.2 Å². The number of carbonyl (C=O) groups is 2. The molecular formula is C22H29N4O5P. The number of imidazole rings is 1. The Bertz CT molecular complexity index is 1020. The molecule has 0 saturated carbocycles. The summed E-state index contributed by atoms with van der Waals surface area (Å²) in [5, 5.41) is 0. The van der Waals surface area contributed by atoms with Crippen LogP contribution in [0.5, 0.6) is 0 Å². The van der Waals surface area contributed by atoms with E-state index in [1.807, 2.05) is 31.2 Å². The number of aryl methyl sites for hydroxylation is 3. The number of aromatic nitrogens is 2. The minimum Gasteiger partial charge on any atom is -0.336 e. The molecule has 1 aromatic heterocycles. The maximum atomic E-state index is 12.9. The van der Waals surface area contributed by atoms with Crippen LogP contribution in [0.3, 0.4) is 0 Å². The molecule has 0 saturated heterocycles. The molecule has 0 fully saturated rings. The highest BCUT2D eigenvalue weighted by Gasteiger charge is 2.24. The monoisotopic (exact) mass is 460 g/mol. The van der Waals surface area contributed by atoms with Crippen molar-refractivity contribution in [3.8, 4) is 12.3 Å². The number of hydrogen-bond donors (Lipinski definition) is 3. The van der Waals surface area contributed by atoms with Gasteiger partial charge in [-0.05, 0) is 37.3 Å². The SMILES string of the molecule is C#CCN(C)C(=O)c1[nH]c(CCc2ccccc2C)nc1N(C=O)CCCCP(=O)(O)O. The van der Waals surface area contributed by atoms with Crippen LogP contribution in [-0.2, 0) is 22.2 Å². The summed E-state index contributed by atoms with van der Waals surface area (Å²) in [6.45, 7) is 2.29. The Balaban J connectivity index is 2.24. The zero-order chi connectivity index (χ0) is 23.7. The van der Waals surface area contributed by atoms with Crippen LogP contribution in [0, 0.1) is 19.3 Å². The van der Waals surface area contributed by atoms with E-state index >= 15 is 0 Å². The lowest BCUT2D eigenvalue weighted by Crippen LogP contribution is -2.31. The molecule has 32 heavy (non-hydrogen) atoms. The van der Waals surface area contributed by atoms with E-state index in [0.29, 0.717) is 31.5 Å². The van der Waals surface area contributed by atoms with E-state index in [-0.39, 0.29) is 37.2 Å². The quantitative estimate of drug-likeness (QED) is 0.193. The van der Waals surface area contributed by atoms with Gasteiger partial charge in [0.2, 0.25) is 6.41 Å². The predicted molar refractivity (Wildman–Crippen MR) is 123 cm³/mol. The summed E-state index contributed by atoms with van der Waals surface area (Å²) in [5.41, 5.74) is 2.47. The number of anilines is 1. The minimum atomic E-state index is -4.10. The largest absolute Gasteiger partial charge is 0.336 e. The Morgan fingerprint density at radius 3 is 2.62 bits per heavy atom. The first-order valence-electron chi connectivity index (χ1n) is 10.2. The van der Waals surface area contributed by atoms with Crippen LogP contribution in [0.1, 0.15) is 40.3 Å². The fourth-order valence-corrected chi connectivity index (χ4v) is 3.87. The van der Waals surface area contributed by atoms with Crippen LogP contribution in [0.4, 0.5) is 5.82 Å². The summed E-state index contributed by atoms with van der Waals surface area (Å²) in [7, 11) is -2.54. The number of nitrogens with one attached hydrogen (secondary N) is 1. The predicted octanol–water partition coefficient (Wildman–Crippen LogP) is 2.13. The Labute approximate surface area is 188 Å². The third-order valence-electron chi connectivity index (χ3n) is 5.01. The highest BCUT2D eigenvalue weighted by molar-refractivity contribution is 7.51. The summed E-state index contributed by atoms with van der Waals surface area (Å²) >= 11 is 0. The number of unbranched alkanes of at least 4 members (excludes halogenated alkanes) is 1. The fraction of sp³-hybridized carbons (Fsp3) is 0.409. The second kappa shape index (κ2) is 11.6. The molecule has 0 aliphatic heterocycles. The van der Waals surface area contributed by atoms with E-state index in [1.54, 1.807) is 7.05 Å². The number of amides is 2. The number of H-pyrrole nitrogens is 1. The van der Waals surface area contributed by atoms with Crippen LogP contribution in [0.2, 0.25) is 0 Å². The molecule has 1 heterocycles. The molecule has 10 heteroatoms. The molecular weight excluding hydrogens is 431 g/mol. The van der Waals surface area contributed by atoms with Crippen molar-refractivity contribution in [2.75, 3.05) is 31.2 Å². The molecule has 0 aliphatic rings. The van der Waals surface area contributed by atoms with Gasteiger partial charge in [-0.1, -0.05) is 30.2 Å². The average Bonchev–Trinajstić information content (AvgIpc) is 3.16. The Hall–Kier alpha value is -2.92. The molecule has 2 aromatic rings. The maximum Gasteiger partial charge on any atom is 0.325 e. The first kappa shape index (κ1) is 25.3. The molecule has 2 amide bonds. The second-order valence-electron chi connectivity index (χ2n) is 7.57. The molecule has 0 atom stereocenters. The van der Waals surface area contributed by atoms with Crippen molar-refractivity contribution >= 4 is 25.7 Å². The summed E-state index contributed by atoms with van der Waals surface area (Å²) in [6, 6.07) is 7.99. The molecule has 172 valence electrons. The number of nitrogens with zero attached hydrogens (tertiary/aromatic N) is 3. The molecule has 0 unspecified atom stereocenters. The lowest BCUT2D eigenvalue weighted by Gasteiger charge is -2.18. The van der Waals surface area contributed by atoms with E-state index in [0.717, 1.165) is 11.1 Å². The molecule has 1 aromatic carbocycles. The molecule has 0 spiro atoms. The van der Waals surface area contributed by atoms with Crippen LogP contribution in [0.25, 0.3) is 0 Å². The van der Waals surface area contributed by atoms with Crippen molar-refractivity contribution in [3.63, 3.8) is 0 Å². The topological polar surface area (TPSA) is 127 Å². The van der Waals surface area contributed by atoms with Crippen molar-refractivity contribution in [2.24, 2.45) is 0 Å². The highest BCUT2D eigenvalue weighted by Crippen LogP contribution is 2.35. The van der Waals surface area contributed by atoms with Gasteiger partial charge in [0.05, 0.1) is 6.54 Å². The van der Waals surface area contributed by atoms with Gasteiger partial charge >= 0.3 is 7.60 Å². The maximum absolute atomic E-state index is 12.9. The van der Waals surface area contributed by atoms with Crippen LogP contribution in [0.15, 0.2) is 24.3 Å². The third-order valence-corrected chi connectivity index (χ3v) is 5.91. The molecule has 9 nitrogen and oxygen atoms in total. The van der Waals surface area contributed by atoms with Gasteiger partial charge in [-0.2, -0.15) is 0 Å². The summed E-state index contributed by atoms with van der Waals surface area (Å²) in [5.74, 6) is 2.76. The van der Waals surface area contributed by atoms with Crippen LogP contribution in [-0.4, -0.2) is 63.3 Å². The molecule has 0 aliphatic carbocycles. The lowest BCUT2D eigenvalue weighted by molar-refractivity contribution is -0.107. The zero-order valence-corrected chi connectivity index (χ0v) is 19.2. The molecule has 3 N–H and O–H groups in total. The molecule has 0 radical (unpaired) electrons. The van der Waals surface area contributed by atoms with Crippen LogP contribution >= 0.6 is 7.60 Å². The number of carbonyl (C=O) groups excluding carboxylic acids is 2. The van der Waals surface area contributed by atoms with Gasteiger partial charge in [0.25, 0.3) is 5.91 Å². The number of rotatable bonds is 12. The number of benzene rings is 1. The van der Waals surface area contributed by atoms with Gasteiger partial charge in [0.1, 0.15) is 11.5 Å². The van der Waals surface area contributed by atoms with Crippen molar-refractivity contribution in [2.45, 2.75) is 32.6 Å². The van der Waals surface area contributed by atoms with Gasteiger partial charge in [-0.15, -0.1) is 6.42 Å². The van der Waals surface area contributed by atoms with Gasteiger partial charge < -0.3 is 19.7 Å². The number of terminal acetylenes is 1. The van der Waals surface area contributed by atoms with Crippen molar-refractivity contribution < 1.29 is 23.9 Å². The summed E-state index contributed by atoms with van der Waals surface area (Å²) < 4.78 is 11.0. The fourth-order valence-electron chi connectivity index (χ4n) is 3.24. The number of hydrogen-bond acceptors (Lipinski definition) is 4. The molecule has 0 bridgehead atoms. The first-order valence-corrected chi connectivity index (χ1v) is 12.0. The Morgan fingerprint density at radius 1 is 1.28 bits per heavy atom. The average molecular weight is 460 g/mol. The van der Waals surface area contributed by atoms with Crippen molar-refractivity contribution in [1.82, 2.24) is 14.9 Å². The number of aromatic amines is 1. The third kappa shape index (κ3) is 7.34.